The molecule has 33 heavy (non-hydrogen) atoms. The number of nitrogens with zero attached hydrogens (tertiary/aromatic N) is 1. The van der Waals surface area contributed by atoms with Crippen LogP contribution in [0.15, 0.2) is 42.5 Å². The first kappa shape index (κ1) is 21.9. The Hall–Kier alpha value is -2.90. The number of thiazole rings is 1. The fourth-order valence-electron chi connectivity index (χ4n) is 4.56. The zero-order chi connectivity index (χ0) is 22.8. The van der Waals surface area contributed by atoms with E-state index >= 15 is 0 Å². The summed E-state index contributed by atoms with van der Waals surface area (Å²) in [5.74, 6) is 1.56. The summed E-state index contributed by atoms with van der Waals surface area (Å²) in [6, 6.07) is 14.4. The third-order valence-corrected chi connectivity index (χ3v) is 7.48. The lowest BCUT2D eigenvalue weighted by Gasteiger charge is -2.38. The predicted molar refractivity (Wildman–Crippen MR) is 128 cm³/mol. The summed E-state index contributed by atoms with van der Waals surface area (Å²) in [6.07, 6.45) is 2.02. The maximum Gasteiger partial charge on any atom is 0.231 e. The summed E-state index contributed by atoms with van der Waals surface area (Å²) in [5, 5.41) is 4.18. The van der Waals surface area contributed by atoms with Crippen molar-refractivity contribution in [3.05, 3.63) is 63.5 Å². The molecule has 0 spiro atoms. The molecule has 1 aromatic heterocycles. The van der Waals surface area contributed by atoms with Crippen molar-refractivity contribution in [2.45, 2.75) is 38.5 Å². The average Bonchev–Trinajstić information content (AvgIpc) is 3.44. The Kier molecular flexibility index (Phi) is 6.08. The summed E-state index contributed by atoms with van der Waals surface area (Å²) in [7, 11) is 0. The first-order valence-electron chi connectivity index (χ1n) is 11.3. The van der Waals surface area contributed by atoms with Crippen LogP contribution < -0.4 is 14.8 Å². The number of hydrogen-bond donors (Lipinski definition) is 1. The van der Waals surface area contributed by atoms with Crippen LogP contribution in [0.1, 0.15) is 33.9 Å². The maximum absolute atomic E-state index is 13.1. The first-order valence-corrected chi connectivity index (χ1v) is 12.1. The molecular weight excluding hydrogens is 436 g/mol. The number of hydrogen-bond acceptors (Lipinski definition) is 6. The number of rotatable bonds is 6. The molecule has 172 valence electrons. The van der Waals surface area contributed by atoms with E-state index in [1.54, 1.807) is 11.3 Å². The molecule has 7 heteroatoms. The van der Waals surface area contributed by atoms with E-state index in [1.807, 2.05) is 13.0 Å². The van der Waals surface area contributed by atoms with Crippen LogP contribution in [-0.4, -0.2) is 37.4 Å². The van der Waals surface area contributed by atoms with Crippen LogP contribution >= 0.6 is 11.3 Å². The van der Waals surface area contributed by atoms with Gasteiger partial charge in [0.25, 0.3) is 0 Å². The number of benzene rings is 2. The summed E-state index contributed by atoms with van der Waals surface area (Å²) < 4.78 is 16.7. The number of fused-ring (bicyclic) bond motifs is 1. The van der Waals surface area contributed by atoms with Crippen molar-refractivity contribution in [3.8, 4) is 22.8 Å². The van der Waals surface area contributed by atoms with Gasteiger partial charge in [-0.1, -0.05) is 35.9 Å². The molecule has 1 amide bonds. The molecule has 0 saturated carbocycles. The second-order valence-corrected chi connectivity index (χ2v) is 10.1. The topological polar surface area (TPSA) is 69.7 Å². The molecule has 1 fully saturated rings. The minimum atomic E-state index is -0.182. The Morgan fingerprint density at radius 3 is 2.61 bits per heavy atom. The monoisotopic (exact) mass is 464 g/mol. The molecule has 6 nitrogen and oxygen atoms in total. The van der Waals surface area contributed by atoms with Crippen LogP contribution in [0.3, 0.4) is 0 Å². The molecule has 0 unspecified atom stereocenters. The van der Waals surface area contributed by atoms with Gasteiger partial charge in [-0.25, -0.2) is 4.98 Å². The highest BCUT2D eigenvalue weighted by Gasteiger charge is 2.36. The van der Waals surface area contributed by atoms with E-state index in [9.17, 15) is 4.79 Å². The predicted octanol–water partition coefficient (Wildman–Crippen LogP) is 4.56. The van der Waals surface area contributed by atoms with Crippen molar-refractivity contribution >= 4 is 17.2 Å². The average molecular weight is 465 g/mol. The molecule has 0 radical (unpaired) electrons. The van der Waals surface area contributed by atoms with E-state index in [0.29, 0.717) is 26.2 Å². The van der Waals surface area contributed by atoms with Gasteiger partial charge >= 0.3 is 0 Å². The van der Waals surface area contributed by atoms with Gasteiger partial charge in [-0.15, -0.1) is 11.3 Å². The van der Waals surface area contributed by atoms with Crippen molar-refractivity contribution < 1.29 is 19.0 Å². The first-order chi connectivity index (χ1) is 16.0. The Morgan fingerprint density at radius 2 is 1.82 bits per heavy atom. The fraction of sp³-hybridized carbons (Fsp3) is 0.385. The lowest BCUT2D eigenvalue weighted by Crippen LogP contribution is -2.45. The highest BCUT2D eigenvalue weighted by Crippen LogP contribution is 2.40. The molecule has 0 atom stereocenters. The molecule has 3 heterocycles. The lowest BCUT2D eigenvalue weighted by atomic mass is 9.74. The number of carbonyl (C=O) groups excluding carboxylic acids is 1. The molecular formula is C26H28N2O4S. The fourth-order valence-corrected chi connectivity index (χ4v) is 5.52. The molecule has 0 aliphatic carbocycles. The van der Waals surface area contributed by atoms with Gasteiger partial charge in [-0.05, 0) is 44.4 Å². The van der Waals surface area contributed by atoms with E-state index in [2.05, 4.69) is 48.6 Å². The number of ether oxygens (including phenoxy) is 3. The smallest absolute Gasteiger partial charge is 0.231 e. The number of aryl methyl sites for hydroxylation is 2. The molecule has 0 bridgehead atoms. The maximum atomic E-state index is 13.1. The van der Waals surface area contributed by atoms with Gasteiger partial charge < -0.3 is 19.5 Å². The largest absolute Gasteiger partial charge is 0.454 e. The second kappa shape index (κ2) is 9.15. The normalized spacial score (nSPS) is 16.5. The lowest BCUT2D eigenvalue weighted by molar-refractivity contribution is -0.120. The summed E-state index contributed by atoms with van der Waals surface area (Å²) in [5.41, 5.74) is 4.14. The molecule has 1 N–H and O–H groups in total. The number of carbonyl (C=O) groups is 1. The third-order valence-electron chi connectivity index (χ3n) is 6.51. The number of amides is 1. The Labute approximate surface area is 197 Å². The van der Waals surface area contributed by atoms with Crippen molar-refractivity contribution in [3.63, 3.8) is 0 Å². The standard InChI is InChI=1S/C26H28N2O4S/c1-17-3-5-19(6-4-17)25-23(33-18(2)28-25)14-24(29)27-15-26(9-11-30-12-10-26)20-7-8-21-22(13-20)32-16-31-21/h3-8,13H,9-12,14-16H2,1-2H3,(H,27,29). The minimum Gasteiger partial charge on any atom is -0.454 e. The van der Waals surface area contributed by atoms with Gasteiger partial charge in [-0.2, -0.15) is 0 Å². The van der Waals surface area contributed by atoms with Crippen molar-refractivity contribution in [1.29, 1.82) is 0 Å². The van der Waals surface area contributed by atoms with Crippen molar-refractivity contribution in [1.82, 2.24) is 10.3 Å². The second-order valence-electron chi connectivity index (χ2n) is 8.78. The number of aromatic nitrogens is 1. The van der Waals surface area contributed by atoms with E-state index < -0.39 is 0 Å². The van der Waals surface area contributed by atoms with Crippen LogP contribution in [0.5, 0.6) is 11.5 Å². The SMILES string of the molecule is Cc1ccc(-c2nc(C)sc2CC(=O)NCC2(c3ccc4c(c3)OCO4)CCOCC2)cc1. The van der Waals surface area contributed by atoms with Crippen LogP contribution in [0.25, 0.3) is 11.3 Å². The molecule has 2 aliphatic rings. The van der Waals surface area contributed by atoms with E-state index in [0.717, 1.165) is 51.0 Å². The van der Waals surface area contributed by atoms with Gasteiger partial charge in [-0.3, -0.25) is 4.79 Å². The van der Waals surface area contributed by atoms with Gasteiger partial charge in [0.05, 0.1) is 17.1 Å². The summed E-state index contributed by atoms with van der Waals surface area (Å²) >= 11 is 1.59. The van der Waals surface area contributed by atoms with E-state index in [1.165, 1.54) is 5.56 Å². The zero-order valence-corrected chi connectivity index (χ0v) is 19.8. The minimum absolute atomic E-state index is 0.0126. The van der Waals surface area contributed by atoms with Crippen LogP contribution in [0, 0.1) is 13.8 Å². The summed E-state index contributed by atoms with van der Waals surface area (Å²) in [6.45, 7) is 6.22. The van der Waals surface area contributed by atoms with Gasteiger partial charge in [0.1, 0.15) is 0 Å². The van der Waals surface area contributed by atoms with Gasteiger partial charge in [0.15, 0.2) is 11.5 Å². The highest BCUT2D eigenvalue weighted by atomic mass is 32.1. The van der Waals surface area contributed by atoms with Crippen LogP contribution in [0.4, 0.5) is 0 Å². The van der Waals surface area contributed by atoms with Crippen molar-refractivity contribution in [2.24, 2.45) is 0 Å². The Morgan fingerprint density at radius 1 is 1.06 bits per heavy atom. The molecule has 5 rings (SSSR count). The highest BCUT2D eigenvalue weighted by molar-refractivity contribution is 7.12. The van der Waals surface area contributed by atoms with Crippen LogP contribution in [0.2, 0.25) is 0 Å². The quantitative estimate of drug-likeness (QED) is 0.579. The molecule has 2 aromatic carbocycles. The third kappa shape index (κ3) is 4.61. The summed E-state index contributed by atoms with van der Waals surface area (Å²) in [4.78, 5) is 18.8. The molecule has 1 saturated heterocycles. The van der Waals surface area contributed by atoms with Gasteiger partial charge in [0, 0.05) is 35.6 Å². The Balaban J connectivity index is 1.32. The van der Waals surface area contributed by atoms with Crippen molar-refractivity contribution in [2.75, 3.05) is 26.6 Å². The van der Waals surface area contributed by atoms with Crippen LogP contribution in [-0.2, 0) is 21.4 Å². The Bertz CT molecular complexity index is 1150. The van der Waals surface area contributed by atoms with E-state index in [-0.39, 0.29) is 18.1 Å². The zero-order valence-electron chi connectivity index (χ0n) is 19.0. The van der Waals surface area contributed by atoms with E-state index in [4.69, 9.17) is 19.2 Å². The molecule has 3 aromatic rings. The molecule has 2 aliphatic heterocycles. The number of nitrogens with one attached hydrogen (secondary N) is 1. The van der Waals surface area contributed by atoms with Gasteiger partial charge in [0.2, 0.25) is 12.7 Å².